The summed E-state index contributed by atoms with van der Waals surface area (Å²) in [6, 6.07) is 17.2. The number of rotatable bonds is 6. The number of nitrogens with one attached hydrogen (secondary N) is 2. The zero-order valence-corrected chi connectivity index (χ0v) is 18.6. The Hall–Kier alpha value is -2.42. The summed E-state index contributed by atoms with van der Waals surface area (Å²) in [7, 11) is 1.75. The van der Waals surface area contributed by atoms with Crippen LogP contribution in [0.3, 0.4) is 0 Å². The van der Waals surface area contributed by atoms with Gasteiger partial charge in [0.2, 0.25) is 0 Å². The van der Waals surface area contributed by atoms with Gasteiger partial charge in [0.15, 0.2) is 5.96 Å². The van der Waals surface area contributed by atoms with E-state index >= 15 is 0 Å². The fourth-order valence-electron chi connectivity index (χ4n) is 3.43. The Kier molecular flexibility index (Phi) is 6.89. The van der Waals surface area contributed by atoms with E-state index in [2.05, 4.69) is 32.9 Å². The van der Waals surface area contributed by atoms with Gasteiger partial charge >= 0.3 is 0 Å². The Labute approximate surface area is 187 Å². The smallest absolute Gasteiger partial charge is 0.191 e. The number of aromatic nitrogens is 2. The molecule has 0 unspecified atom stereocenters. The van der Waals surface area contributed by atoms with Crippen LogP contribution in [-0.2, 0) is 12.0 Å². The van der Waals surface area contributed by atoms with Crippen LogP contribution in [0.5, 0.6) is 0 Å². The number of hydrogen-bond acceptors (Lipinski definition) is 2. The summed E-state index contributed by atoms with van der Waals surface area (Å²) >= 11 is 0. The molecule has 29 heavy (non-hydrogen) atoms. The van der Waals surface area contributed by atoms with Gasteiger partial charge in [0.1, 0.15) is 5.82 Å². The topological polar surface area (TPSA) is 54.2 Å². The zero-order valence-electron chi connectivity index (χ0n) is 16.3. The van der Waals surface area contributed by atoms with Crippen molar-refractivity contribution in [3.05, 3.63) is 83.9 Å². The van der Waals surface area contributed by atoms with Gasteiger partial charge < -0.3 is 10.6 Å². The van der Waals surface area contributed by atoms with Crippen molar-refractivity contribution in [1.29, 1.82) is 0 Å². The van der Waals surface area contributed by atoms with E-state index in [1.54, 1.807) is 19.3 Å². The van der Waals surface area contributed by atoms with Gasteiger partial charge in [-0.15, -0.1) is 24.0 Å². The minimum Gasteiger partial charge on any atom is -0.356 e. The van der Waals surface area contributed by atoms with Gasteiger partial charge in [-0.3, -0.25) is 4.99 Å². The van der Waals surface area contributed by atoms with Crippen LogP contribution in [0.15, 0.2) is 72.0 Å². The molecule has 0 aliphatic heterocycles. The lowest BCUT2D eigenvalue weighted by Crippen LogP contribution is -2.41. The summed E-state index contributed by atoms with van der Waals surface area (Å²) in [6.07, 6.45) is 5.67. The Balaban J connectivity index is 0.00000240. The maximum Gasteiger partial charge on any atom is 0.191 e. The maximum atomic E-state index is 14.2. The first-order valence-corrected chi connectivity index (χ1v) is 9.49. The third kappa shape index (κ3) is 4.95. The second-order valence-electron chi connectivity index (χ2n) is 7.16. The predicted molar refractivity (Wildman–Crippen MR) is 124 cm³/mol. The number of halogens is 2. The molecule has 0 bridgehead atoms. The van der Waals surface area contributed by atoms with Crippen LogP contribution in [0.4, 0.5) is 4.39 Å². The second-order valence-corrected chi connectivity index (χ2v) is 7.16. The van der Waals surface area contributed by atoms with Gasteiger partial charge in [-0.25, -0.2) is 9.07 Å². The van der Waals surface area contributed by atoms with E-state index in [9.17, 15) is 4.39 Å². The molecule has 2 aromatic carbocycles. The van der Waals surface area contributed by atoms with E-state index in [1.165, 1.54) is 6.07 Å². The largest absolute Gasteiger partial charge is 0.356 e. The highest BCUT2D eigenvalue weighted by Crippen LogP contribution is 2.48. The summed E-state index contributed by atoms with van der Waals surface area (Å²) in [6.45, 7) is 1.33. The van der Waals surface area contributed by atoms with Crippen LogP contribution in [0.25, 0.3) is 5.69 Å². The van der Waals surface area contributed by atoms with Crippen molar-refractivity contribution in [2.75, 3.05) is 13.6 Å². The Bertz CT molecular complexity index is 950. The molecule has 0 radical (unpaired) electrons. The fourth-order valence-corrected chi connectivity index (χ4v) is 3.43. The van der Waals surface area contributed by atoms with Crippen molar-refractivity contribution in [3.63, 3.8) is 0 Å². The van der Waals surface area contributed by atoms with E-state index in [4.69, 9.17) is 0 Å². The molecule has 7 heteroatoms. The van der Waals surface area contributed by atoms with Crippen molar-refractivity contribution in [1.82, 2.24) is 20.4 Å². The molecule has 1 aliphatic carbocycles. The van der Waals surface area contributed by atoms with E-state index in [0.717, 1.165) is 35.6 Å². The normalized spacial score (nSPS) is 14.8. The molecular formula is C22H25FIN5. The first kappa shape index (κ1) is 21.3. The fraction of sp³-hybridized carbons (Fsp3) is 0.273. The monoisotopic (exact) mass is 505 g/mol. The molecule has 1 heterocycles. The minimum absolute atomic E-state index is 0. The van der Waals surface area contributed by atoms with Gasteiger partial charge in [-0.2, -0.15) is 5.10 Å². The van der Waals surface area contributed by atoms with Crippen molar-refractivity contribution in [2.24, 2.45) is 4.99 Å². The number of nitrogens with zero attached hydrogens (tertiary/aromatic N) is 3. The van der Waals surface area contributed by atoms with E-state index in [-0.39, 0.29) is 35.2 Å². The average Bonchev–Trinajstić information content (AvgIpc) is 3.31. The number of guanidine groups is 1. The number of hydrogen-bond donors (Lipinski definition) is 2. The lowest BCUT2D eigenvalue weighted by atomic mass is 9.95. The van der Waals surface area contributed by atoms with Crippen LogP contribution < -0.4 is 10.6 Å². The highest BCUT2D eigenvalue weighted by Gasteiger charge is 2.45. The summed E-state index contributed by atoms with van der Waals surface area (Å²) in [5.41, 5.74) is 2.85. The molecule has 2 N–H and O–H groups in total. The van der Waals surface area contributed by atoms with Crippen molar-refractivity contribution in [2.45, 2.75) is 24.8 Å². The Morgan fingerprint density at radius 1 is 1.10 bits per heavy atom. The van der Waals surface area contributed by atoms with Gasteiger partial charge in [-0.1, -0.05) is 30.3 Å². The molecule has 152 valence electrons. The van der Waals surface area contributed by atoms with Gasteiger partial charge in [-0.05, 0) is 48.2 Å². The van der Waals surface area contributed by atoms with Crippen molar-refractivity contribution >= 4 is 29.9 Å². The Morgan fingerprint density at radius 2 is 1.86 bits per heavy atom. The second kappa shape index (κ2) is 9.39. The molecule has 0 amide bonds. The van der Waals surface area contributed by atoms with Crippen LogP contribution in [0, 0.1) is 5.82 Å². The molecule has 4 rings (SSSR count). The molecule has 3 aromatic rings. The molecule has 0 saturated heterocycles. The van der Waals surface area contributed by atoms with Gasteiger partial charge in [0.25, 0.3) is 0 Å². The molecule has 1 aliphatic rings. The molecule has 0 spiro atoms. The van der Waals surface area contributed by atoms with E-state index < -0.39 is 0 Å². The SMILES string of the molecule is CN=C(NCc1ccc(-n2cccn2)cc1)NCC1(c2ccccc2F)CC1.I. The molecule has 5 nitrogen and oxygen atoms in total. The number of benzene rings is 2. The molecule has 0 atom stereocenters. The van der Waals surface area contributed by atoms with Crippen LogP contribution in [0.1, 0.15) is 24.0 Å². The van der Waals surface area contributed by atoms with Crippen molar-refractivity contribution < 1.29 is 4.39 Å². The van der Waals surface area contributed by atoms with Gasteiger partial charge in [0, 0.05) is 37.9 Å². The first-order valence-electron chi connectivity index (χ1n) is 9.49. The summed E-state index contributed by atoms with van der Waals surface area (Å²) in [5.74, 6) is 0.598. The van der Waals surface area contributed by atoms with Crippen LogP contribution in [-0.4, -0.2) is 29.3 Å². The third-order valence-corrected chi connectivity index (χ3v) is 5.28. The van der Waals surface area contributed by atoms with E-state index in [0.29, 0.717) is 13.1 Å². The third-order valence-electron chi connectivity index (χ3n) is 5.28. The van der Waals surface area contributed by atoms with E-state index in [1.807, 2.05) is 41.2 Å². The molecular weight excluding hydrogens is 480 g/mol. The summed E-state index contributed by atoms with van der Waals surface area (Å²) in [5, 5.41) is 10.9. The standard InChI is InChI=1S/C22H24FN5.HI/c1-24-21(26-16-22(11-12-22)19-5-2-3-6-20(19)23)25-15-17-7-9-18(10-8-17)28-14-4-13-27-28;/h2-10,13-14H,11-12,15-16H2,1H3,(H2,24,25,26);1H. The number of aliphatic imine (C=N–C) groups is 1. The predicted octanol–water partition coefficient (Wildman–Crippen LogP) is 4.03. The van der Waals surface area contributed by atoms with Gasteiger partial charge in [0.05, 0.1) is 5.69 Å². The molecule has 1 fully saturated rings. The highest BCUT2D eigenvalue weighted by atomic mass is 127. The Morgan fingerprint density at radius 3 is 2.48 bits per heavy atom. The first-order chi connectivity index (χ1) is 13.7. The van der Waals surface area contributed by atoms with Crippen molar-refractivity contribution in [3.8, 4) is 5.69 Å². The summed E-state index contributed by atoms with van der Waals surface area (Å²) in [4.78, 5) is 4.29. The lowest BCUT2D eigenvalue weighted by Gasteiger charge is -2.19. The lowest BCUT2D eigenvalue weighted by molar-refractivity contribution is 0.559. The quantitative estimate of drug-likeness (QED) is 0.302. The highest BCUT2D eigenvalue weighted by molar-refractivity contribution is 14.0. The van der Waals surface area contributed by atoms with Crippen LogP contribution >= 0.6 is 24.0 Å². The molecule has 1 saturated carbocycles. The maximum absolute atomic E-state index is 14.2. The summed E-state index contributed by atoms with van der Waals surface area (Å²) < 4.78 is 16.0. The minimum atomic E-state index is -0.123. The molecule has 1 aromatic heterocycles. The zero-order chi connectivity index (χ0) is 19.4. The average molecular weight is 505 g/mol. The van der Waals surface area contributed by atoms with Crippen LogP contribution in [0.2, 0.25) is 0 Å².